The van der Waals surface area contributed by atoms with Crippen LogP contribution in [0.5, 0.6) is 0 Å². The maximum Gasteiger partial charge on any atom is 0.269 e. The van der Waals surface area contributed by atoms with Crippen LogP contribution in [0.25, 0.3) is 0 Å². The van der Waals surface area contributed by atoms with Gasteiger partial charge in [-0.15, -0.1) is 0 Å². The van der Waals surface area contributed by atoms with E-state index >= 15 is 0 Å². The fourth-order valence-corrected chi connectivity index (χ4v) is 2.76. The average Bonchev–Trinajstić information content (AvgIpc) is 3.22. The van der Waals surface area contributed by atoms with Crippen molar-refractivity contribution in [1.29, 1.82) is 0 Å². The van der Waals surface area contributed by atoms with Crippen LogP contribution in [0.1, 0.15) is 57.6 Å². The van der Waals surface area contributed by atoms with Gasteiger partial charge in [-0.3, -0.25) is 10.1 Å². The summed E-state index contributed by atoms with van der Waals surface area (Å²) in [5.41, 5.74) is 1.21. The minimum Gasteiger partial charge on any atom is -0.307 e. The standard InChI is InChI=1S/C16H24N2O2/c1-3-5-16(17-12(2)10-13-8-9-13)14-6-4-7-15(11-14)18(19)20/h4,6-7,11-13,16-17H,3,5,8-10H2,1-2H3. The Bertz CT molecular complexity index is 458. The van der Waals surface area contributed by atoms with Gasteiger partial charge in [0.1, 0.15) is 0 Å². The lowest BCUT2D eigenvalue weighted by atomic mass is 10.00. The molecule has 4 heteroatoms. The molecule has 0 saturated heterocycles. The zero-order chi connectivity index (χ0) is 14.5. The minimum atomic E-state index is -0.319. The molecule has 0 heterocycles. The molecule has 0 spiro atoms. The Morgan fingerprint density at radius 3 is 2.80 bits per heavy atom. The van der Waals surface area contributed by atoms with Gasteiger partial charge in [-0.05, 0) is 31.2 Å². The Morgan fingerprint density at radius 1 is 1.45 bits per heavy atom. The summed E-state index contributed by atoms with van der Waals surface area (Å²) in [6.45, 7) is 4.37. The minimum absolute atomic E-state index is 0.181. The van der Waals surface area contributed by atoms with Crippen molar-refractivity contribution in [2.75, 3.05) is 0 Å². The summed E-state index contributed by atoms with van der Waals surface area (Å²) in [7, 11) is 0. The molecule has 20 heavy (non-hydrogen) atoms. The molecule has 2 unspecified atom stereocenters. The third kappa shape index (κ3) is 4.30. The van der Waals surface area contributed by atoms with Gasteiger partial charge in [0.2, 0.25) is 0 Å². The molecule has 1 aliphatic rings. The van der Waals surface area contributed by atoms with Crippen LogP contribution in [0, 0.1) is 16.0 Å². The maximum atomic E-state index is 10.9. The first-order valence-corrected chi connectivity index (χ1v) is 7.60. The van der Waals surface area contributed by atoms with E-state index in [-0.39, 0.29) is 16.7 Å². The third-order valence-electron chi connectivity index (χ3n) is 3.93. The average molecular weight is 276 g/mol. The molecule has 1 saturated carbocycles. The van der Waals surface area contributed by atoms with Crippen molar-refractivity contribution in [3.63, 3.8) is 0 Å². The zero-order valence-corrected chi connectivity index (χ0v) is 12.3. The van der Waals surface area contributed by atoms with Crippen LogP contribution in [0.15, 0.2) is 24.3 Å². The first-order chi connectivity index (χ1) is 9.60. The van der Waals surface area contributed by atoms with E-state index in [1.807, 2.05) is 6.07 Å². The number of hydrogen-bond donors (Lipinski definition) is 1. The molecule has 0 aromatic heterocycles. The van der Waals surface area contributed by atoms with Crippen molar-refractivity contribution in [3.8, 4) is 0 Å². The fourth-order valence-electron chi connectivity index (χ4n) is 2.76. The lowest BCUT2D eigenvalue weighted by molar-refractivity contribution is -0.384. The van der Waals surface area contributed by atoms with Gasteiger partial charge >= 0.3 is 0 Å². The molecule has 2 rings (SSSR count). The summed E-state index contributed by atoms with van der Waals surface area (Å²) >= 11 is 0. The van der Waals surface area contributed by atoms with E-state index in [1.165, 1.54) is 19.3 Å². The second-order valence-electron chi connectivity index (χ2n) is 5.94. The highest BCUT2D eigenvalue weighted by molar-refractivity contribution is 5.35. The van der Waals surface area contributed by atoms with E-state index in [9.17, 15) is 10.1 Å². The van der Waals surface area contributed by atoms with Crippen LogP contribution in [0.2, 0.25) is 0 Å². The van der Waals surface area contributed by atoms with E-state index in [1.54, 1.807) is 18.2 Å². The molecule has 2 atom stereocenters. The van der Waals surface area contributed by atoms with Gasteiger partial charge in [0.05, 0.1) is 4.92 Å². The molecule has 0 radical (unpaired) electrons. The highest BCUT2D eigenvalue weighted by atomic mass is 16.6. The molecule has 0 aliphatic heterocycles. The number of benzene rings is 1. The molecule has 1 N–H and O–H groups in total. The molecule has 110 valence electrons. The number of non-ortho nitro benzene ring substituents is 1. The van der Waals surface area contributed by atoms with E-state index in [0.29, 0.717) is 6.04 Å². The smallest absolute Gasteiger partial charge is 0.269 e. The summed E-state index contributed by atoms with van der Waals surface area (Å²) in [6, 6.07) is 7.72. The largest absolute Gasteiger partial charge is 0.307 e. The number of hydrogen-bond acceptors (Lipinski definition) is 3. The first-order valence-electron chi connectivity index (χ1n) is 7.60. The van der Waals surface area contributed by atoms with Crippen molar-refractivity contribution in [3.05, 3.63) is 39.9 Å². The molecule has 0 bridgehead atoms. The number of nitrogens with one attached hydrogen (secondary N) is 1. The summed E-state index contributed by atoms with van der Waals surface area (Å²) in [5, 5.41) is 14.5. The van der Waals surface area contributed by atoms with Gasteiger partial charge in [0, 0.05) is 24.2 Å². The van der Waals surface area contributed by atoms with Crippen molar-refractivity contribution in [2.45, 2.75) is 58.0 Å². The monoisotopic (exact) mass is 276 g/mol. The van der Waals surface area contributed by atoms with Crippen molar-refractivity contribution >= 4 is 5.69 Å². The second kappa shape index (κ2) is 6.84. The first kappa shape index (κ1) is 15.0. The van der Waals surface area contributed by atoms with Crippen molar-refractivity contribution < 1.29 is 4.92 Å². The molecular formula is C16H24N2O2. The van der Waals surface area contributed by atoms with Crippen LogP contribution in [-0.2, 0) is 0 Å². The molecular weight excluding hydrogens is 252 g/mol. The Morgan fingerprint density at radius 2 is 2.20 bits per heavy atom. The third-order valence-corrected chi connectivity index (χ3v) is 3.93. The Labute approximate surface area is 120 Å². The summed E-state index contributed by atoms with van der Waals surface area (Å²) < 4.78 is 0. The lowest BCUT2D eigenvalue weighted by Gasteiger charge is -2.23. The normalized spacial score (nSPS) is 17.7. The summed E-state index contributed by atoms with van der Waals surface area (Å²) in [6.07, 6.45) is 6.02. The zero-order valence-electron chi connectivity index (χ0n) is 12.3. The van der Waals surface area contributed by atoms with Crippen LogP contribution in [0.3, 0.4) is 0 Å². The van der Waals surface area contributed by atoms with E-state index in [4.69, 9.17) is 0 Å². The maximum absolute atomic E-state index is 10.9. The van der Waals surface area contributed by atoms with Gasteiger partial charge in [0.15, 0.2) is 0 Å². The van der Waals surface area contributed by atoms with E-state index in [2.05, 4.69) is 19.2 Å². The molecule has 4 nitrogen and oxygen atoms in total. The number of nitro benzene ring substituents is 1. The highest BCUT2D eigenvalue weighted by Crippen LogP contribution is 2.34. The van der Waals surface area contributed by atoms with Crippen molar-refractivity contribution in [1.82, 2.24) is 5.32 Å². The Kier molecular flexibility index (Phi) is 5.12. The predicted molar refractivity (Wildman–Crippen MR) is 80.7 cm³/mol. The molecule has 1 aromatic carbocycles. The summed E-state index contributed by atoms with van der Waals surface area (Å²) in [5.74, 6) is 0.893. The van der Waals surface area contributed by atoms with Crippen molar-refractivity contribution in [2.24, 2.45) is 5.92 Å². The number of rotatable bonds is 8. The Hall–Kier alpha value is -1.42. The molecule has 1 aliphatic carbocycles. The second-order valence-corrected chi connectivity index (χ2v) is 5.94. The molecule has 1 fully saturated rings. The van der Waals surface area contributed by atoms with Gasteiger partial charge in [-0.2, -0.15) is 0 Å². The fraction of sp³-hybridized carbons (Fsp3) is 0.625. The summed E-state index contributed by atoms with van der Waals surface area (Å²) in [4.78, 5) is 10.6. The van der Waals surface area contributed by atoms with Crippen LogP contribution >= 0.6 is 0 Å². The number of nitro groups is 1. The quantitative estimate of drug-likeness (QED) is 0.571. The predicted octanol–water partition coefficient (Wildman–Crippen LogP) is 4.21. The van der Waals surface area contributed by atoms with Crippen LogP contribution < -0.4 is 5.32 Å². The van der Waals surface area contributed by atoms with Gasteiger partial charge in [0.25, 0.3) is 5.69 Å². The lowest BCUT2D eigenvalue weighted by Crippen LogP contribution is -2.31. The number of nitrogens with zero attached hydrogens (tertiary/aromatic N) is 1. The molecule has 0 amide bonds. The SMILES string of the molecule is CCCC(NC(C)CC1CC1)c1cccc([N+](=O)[O-])c1. The Balaban J connectivity index is 2.05. The van der Waals surface area contributed by atoms with E-state index < -0.39 is 0 Å². The van der Waals surface area contributed by atoms with Crippen LogP contribution in [0.4, 0.5) is 5.69 Å². The molecule has 1 aromatic rings. The van der Waals surface area contributed by atoms with E-state index in [0.717, 1.165) is 24.3 Å². The van der Waals surface area contributed by atoms with Crippen LogP contribution in [-0.4, -0.2) is 11.0 Å². The van der Waals surface area contributed by atoms with Gasteiger partial charge in [-0.25, -0.2) is 0 Å². The van der Waals surface area contributed by atoms with Gasteiger partial charge in [-0.1, -0.05) is 38.3 Å². The highest BCUT2D eigenvalue weighted by Gasteiger charge is 2.25. The topological polar surface area (TPSA) is 55.2 Å². The van der Waals surface area contributed by atoms with Gasteiger partial charge < -0.3 is 5.32 Å².